The minimum atomic E-state index is -0.267. The van der Waals surface area contributed by atoms with Crippen LogP contribution in [0.2, 0.25) is 0 Å². The summed E-state index contributed by atoms with van der Waals surface area (Å²) in [5, 5.41) is 4.96. The zero-order chi connectivity index (χ0) is 19.4. The largest absolute Gasteiger partial charge is 0.495 e. The first-order chi connectivity index (χ1) is 13.1. The zero-order valence-corrected chi connectivity index (χ0v) is 15.7. The van der Waals surface area contributed by atoms with Crippen molar-refractivity contribution >= 4 is 33.5 Å². The summed E-state index contributed by atoms with van der Waals surface area (Å²) in [6, 6.07) is 11.3. The first-order valence-corrected chi connectivity index (χ1v) is 8.95. The highest BCUT2D eigenvalue weighted by Crippen LogP contribution is 2.36. The molecule has 3 aromatic rings. The fourth-order valence-corrected chi connectivity index (χ4v) is 3.25. The summed E-state index contributed by atoms with van der Waals surface area (Å²) >= 11 is 0. The number of methoxy groups -OCH3 is 1. The lowest BCUT2D eigenvalue weighted by Gasteiger charge is -2.23. The van der Waals surface area contributed by atoms with Crippen molar-refractivity contribution in [3.05, 3.63) is 61.7 Å². The van der Waals surface area contributed by atoms with Crippen LogP contribution in [0.15, 0.2) is 66.1 Å². The molecule has 1 aromatic heterocycles. The third-order valence-corrected chi connectivity index (χ3v) is 4.78. The molecule has 1 atom stereocenters. The van der Waals surface area contributed by atoms with Gasteiger partial charge in [-0.3, -0.25) is 4.79 Å². The van der Waals surface area contributed by atoms with Gasteiger partial charge < -0.3 is 19.4 Å². The van der Waals surface area contributed by atoms with Gasteiger partial charge in [0.1, 0.15) is 16.9 Å². The van der Waals surface area contributed by atoms with Crippen LogP contribution in [0, 0.1) is 0 Å². The molecule has 0 fully saturated rings. The number of ether oxygens (including phenoxy) is 1. The minimum Gasteiger partial charge on any atom is -0.495 e. The van der Waals surface area contributed by atoms with Gasteiger partial charge in [-0.15, -0.1) is 0 Å². The Kier molecular flexibility index (Phi) is 5.62. The number of para-hydroxylation sites is 1. The number of fused-ring (bicyclic) bond motifs is 3. The Morgan fingerprint density at radius 3 is 2.56 bits per heavy atom. The maximum atomic E-state index is 12.8. The summed E-state index contributed by atoms with van der Waals surface area (Å²) < 4.78 is 11.4. The quantitative estimate of drug-likeness (QED) is 0.603. The summed E-state index contributed by atoms with van der Waals surface area (Å²) in [5.74, 6) is 0.506. The third-order valence-electron chi connectivity index (χ3n) is 4.78. The number of nitrogens with one attached hydrogen (secondary N) is 2. The van der Waals surface area contributed by atoms with Crippen molar-refractivity contribution in [2.24, 2.45) is 0 Å². The van der Waals surface area contributed by atoms with Gasteiger partial charge in [0.15, 0.2) is 6.04 Å². The highest BCUT2D eigenvalue weighted by molar-refractivity contribution is 6.08. The highest BCUT2D eigenvalue weighted by Gasteiger charge is 2.24. The molecule has 140 valence electrons. The van der Waals surface area contributed by atoms with Crippen molar-refractivity contribution in [3.63, 3.8) is 0 Å². The maximum Gasteiger partial charge on any atom is 0.282 e. The molecule has 0 aliphatic heterocycles. The van der Waals surface area contributed by atoms with Gasteiger partial charge in [0, 0.05) is 16.8 Å². The predicted molar refractivity (Wildman–Crippen MR) is 109 cm³/mol. The Morgan fingerprint density at radius 2 is 1.89 bits per heavy atom. The van der Waals surface area contributed by atoms with Gasteiger partial charge in [-0.2, -0.15) is 0 Å². The standard InChI is InChI=1S/C22H24N2O3/c1-5-11-24(12-6-2)15(3)22(25)23-18-14-20-17(13-21(18)26-4)16-9-7-8-10-19(16)27-20/h5-10,13-15H,1-2,11-12H2,3-4H3,(H,23,25)/p+1/t15-/m1/s1. The Balaban J connectivity index is 1.93. The fraction of sp³-hybridized carbons (Fsp3) is 0.227. The molecule has 1 heterocycles. The average molecular weight is 365 g/mol. The number of benzene rings is 2. The fourth-order valence-electron chi connectivity index (χ4n) is 3.25. The number of furan rings is 1. The molecule has 0 bridgehead atoms. The van der Waals surface area contributed by atoms with Crippen LogP contribution >= 0.6 is 0 Å². The van der Waals surface area contributed by atoms with Crippen LogP contribution in [0.25, 0.3) is 21.9 Å². The second-order valence-corrected chi connectivity index (χ2v) is 6.50. The molecule has 3 rings (SSSR count). The Morgan fingerprint density at radius 1 is 1.19 bits per heavy atom. The number of rotatable bonds is 8. The zero-order valence-electron chi connectivity index (χ0n) is 15.7. The second-order valence-electron chi connectivity index (χ2n) is 6.50. The summed E-state index contributed by atoms with van der Waals surface area (Å²) in [7, 11) is 1.59. The number of quaternary nitrogens is 1. The van der Waals surface area contributed by atoms with Crippen LogP contribution in [0.1, 0.15) is 6.92 Å². The molecule has 1 amide bonds. The molecule has 0 radical (unpaired) electrons. The van der Waals surface area contributed by atoms with E-state index in [4.69, 9.17) is 9.15 Å². The molecule has 0 aliphatic carbocycles. The van der Waals surface area contributed by atoms with E-state index in [1.54, 1.807) is 7.11 Å². The topological polar surface area (TPSA) is 55.9 Å². The lowest BCUT2D eigenvalue weighted by Crippen LogP contribution is -3.16. The number of carbonyl (C=O) groups is 1. The van der Waals surface area contributed by atoms with Crippen molar-refractivity contribution in [2.75, 3.05) is 25.5 Å². The van der Waals surface area contributed by atoms with Gasteiger partial charge >= 0.3 is 0 Å². The van der Waals surface area contributed by atoms with E-state index in [-0.39, 0.29) is 11.9 Å². The number of hydrogen-bond donors (Lipinski definition) is 2. The molecule has 27 heavy (non-hydrogen) atoms. The third kappa shape index (κ3) is 3.73. The summed E-state index contributed by atoms with van der Waals surface area (Å²) in [6.45, 7) is 10.8. The first kappa shape index (κ1) is 18.7. The first-order valence-electron chi connectivity index (χ1n) is 8.95. The van der Waals surface area contributed by atoms with Crippen LogP contribution in [-0.2, 0) is 4.79 Å². The average Bonchev–Trinajstić information content (AvgIpc) is 3.03. The normalized spacial score (nSPS) is 12.3. The van der Waals surface area contributed by atoms with E-state index in [0.717, 1.165) is 21.3 Å². The second kappa shape index (κ2) is 8.10. The maximum absolute atomic E-state index is 12.8. The lowest BCUT2D eigenvalue weighted by atomic mass is 10.1. The van der Waals surface area contributed by atoms with E-state index in [0.29, 0.717) is 30.1 Å². The van der Waals surface area contributed by atoms with Gasteiger partial charge in [0.2, 0.25) is 0 Å². The Hall–Kier alpha value is -3.05. The van der Waals surface area contributed by atoms with E-state index in [2.05, 4.69) is 18.5 Å². The number of carbonyl (C=O) groups excluding carboxylic acids is 1. The van der Waals surface area contributed by atoms with Crippen molar-refractivity contribution in [2.45, 2.75) is 13.0 Å². The SMILES string of the molecule is C=CC[NH+](CC=C)[C@H](C)C(=O)Nc1cc2oc3ccccc3c2cc1OC. The number of hydrogen-bond acceptors (Lipinski definition) is 3. The van der Waals surface area contributed by atoms with Crippen LogP contribution in [0.3, 0.4) is 0 Å². The van der Waals surface area contributed by atoms with Gasteiger partial charge in [0.25, 0.3) is 5.91 Å². The molecule has 5 heteroatoms. The molecule has 2 aromatic carbocycles. The summed E-state index contributed by atoms with van der Waals surface area (Å²) in [6.07, 6.45) is 3.62. The van der Waals surface area contributed by atoms with Crippen LogP contribution < -0.4 is 15.0 Å². The molecule has 0 saturated carbocycles. The van der Waals surface area contributed by atoms with Crippen molar-refractivity contribution in [1.29, 1.82) is 0 Å². The van der Waals surface area contributed by atoms with Crippen molar-refractivity contribution in [1.82, 2.24) is 0 Å². The number of amides is 1. The van der Waals surface area contributed by atoms with Crippen molar-refractivity contribution < 1.29 is 18.8 Å². The molecule has 0 aliphatic rings. The van der Waals surface area contributed by atoms with E-state index in [1.807, 2.05) is 55.5 Å². The van der Waals surface area contributed by atoms with Gasteiger partial charge in [-0.1, -0.05) is 31.4 Å². The van der Waals surface area contributed by atoms with E-state index >= 15 is 0 Å². The van der Waals surface area contributed by atoms with E-state index in [1.165, 1.54) is 0 Å². The Bertz CT molecular complexity index is 980. The molecule has 0 spiro atoms. The number of anilines is 1. The smallest absolute Gasteiger partial charge is 0.282 e. The minimum absolute atomic E-state index is 0.0949. The van der Waals surface area contributed by atoms with Crippen LogP contribution in [0.5, 0.6) is 5.75 Å². The van der Waals surface area contributed by atoms with E-state index in [9.17, 15) is 4.79 Å². The molecule has 0 unspecified atom stereocenters. The Labute approximate surface area is 158 Å². The molecular formula is C22H25N2O3+. The highest BCUT2D eigenvalue weighted by atomic mass is 16.5. The van der Waals surface area contributed by atoms with E-state index < -0.39 is 0 Å². The summed E-state index contributed by atoms with van der Waals surface area (Å²) in [5.41, 5.74) is 2.11. The monoisotopic (exact) mass is 365 g/mol. The molecule has 2 N–H and O–H groups in total. The van der Waals surface area contributed by atoms with Gasteiger partial charge in [-0.25, -0.2) is 0 Å². The van der Waals surface area contributed by atoms with Gasteiger partial charge in [-0.05, 0) is 31.2 Å². The van der Waals surface area contributed by atoms with Crippen LogP contribution in [-0.4, -0.2) is 32.1 Å². The van der Waals surface area contributed by atoms with Crippen molar-refractivity contribution in [3.8, 4) is 5.75 Å². The predicted octanol–water partition coefficient (Wildman–Crippen LogP) is 3.18. The van der Waals surface area contributed by atoms with Crippen LogP contribution in [0.4, 0.5) is 5.69 Å². The van der Waals surface area contributed by atoms with Gasteiger partial charge in [0.05, 0.1) is 25.9 Å². The summed E-state index contributed by atoms with van der Waals surface area (Å²) in [4.78, 5) is 13.9. The molecular weight excluding hydrogens is 340 g/mol. The molecule has 0 saturated heterocycles. The lowest BCUT2D eigenvalue weighted by molar-refractivity contribution is -0.902. The molecule has 5 nitrogen and oxygen atoms in total.